The van der Waals surface area contributed by atoms with Crippen LogP contribution in [-0.2, 0) is 11.3 Å². The number of nitrogens with one attached hydrogen (secondary N) is 1. The number of methoxy groups -OCH3 is 1. The van der Waals surface area contributed by atoms with Gasteiger partial charge in [0.25, 0.3) is 5.91 Å². The van der Waals surface area contributed by atoms with Gasteiger partial charge in [-0.3, -0.25) is 4.79 Å². The van der Waals surface area contributed by atoms with Gasteiger partial charge in [0.2, 0.25) is 0 Å². The highest BCUT2D eigenvalue weighted by atomic mass is 35.5. The molecule has 3 nitrogen and oxygen atoms in total. The minimum absolute atomic E-state index is 0.224. The number of benzene rings is 2. The molecule has 2 aromatic rings. The fourth-order valence-corrected chi connectivity index (χ4v) is 2.16. The average molecular weight is 310 g/mol. The third kappa shape index (κ3) is 3.73. The Labute approximate surface area is 127 Å². The number of halogens is 2. The predicted octanol–water partition coefficient (Wildman–Crippen LogP) is 4.39. The van der Waals surface area contributed by atoms with E-state index in [2.05, 4.69) is 5.32 Å². The molecule has 0 bridgehead atoms. The molecule has 0 heterocycles. The molecular weight excluding hydrogens is 297 g/mol. The van der Waals surface area contributed by atoms with Crippen molar-refractivity contribution < 1.29 is 9.53 Å². The number of carbonyl (C=O) groups is 1. The number of hydrogen-bond acceptors (Lipinski definition) is 2. The number of ether oxygens (including phenoxy) is 1. The maximum absolute atomic E-state index is 12.1. The van der Waals surface area contributed by atoms with Crippen LogP contribution in [0, 0.1) is 0 Å². The van der Waals surface area contributed by atoms with Crippen LogP contribution < -0.4 is 5.32 Å². The summed E-state index contributed by atoms with van der Waals surface area (Å²) in [4.78, 5) is 12.1. The normalized spacial score (nSPS) is 10.3. The van der Waals surface area contributed by atoms with Gasteiger partial charge in [-0.25, -0.2) is 0 Å². The van der Waals surface area contributed by atoms with E-state index >= 15 is 0 Å². The first kappa shape index (κ1) is 14.9. The third-order valence-electron chi connectivity index (χ3n) is 2.71. The highest BCUT2D eigenvalue weighted by Crippen LogP contribution is 2.25. The largest absolute Gasteiger partial charge is 0.380 e. The van der Waals surface area contributed by atoms with E-state index < -0.39 is 0 Å². The average Bonchev–Trinajstić information content (AvgIpc) is 2.43. The molecule has 5 heteroatoms. The molecule has 0 aliphatic carbocycles. The molecule has 0 saturated carbocycles. The Kier molecular flexibility index (Phi) is 5.01. The second-order valence-corrected chi connectivity index (χ2v) is 5.05. The molecular formula is C15H13Cl2NO2. The van der Waals surface area contributed by atoms with Gasteiger partial charge in [0.05, 0.1) is 17.3 Å². The van der Waals surface area contributed by atoms with Crippen LogP contribution >= 0.6 is 23.2 Å². The first-order valence-corrected chi connectivity index (χ1v) is 6.70. The zero-order chi connectivity index (χ0) is 14.5. The predicted molar refractivity (Wildman–Crippen MR) is 81.6 cm³/mol. The Morgan fingerprint density at radius 3 is 2.45 bits per heavy atom. The van der Waals surface area contributed by atoms with Gasteiger partial charge in [-0.2, -0.15) is 0 Å². The van der Waals surface area contributed by atoms with Gasteiger partial charge in [0, 0.05) is 17.7 Å². The highest BCUT2D eigenvalue weighted by Gasteiger charge is 2.08. The number of amides is 1. The number of carbonyl (C=O) groups excluding carboxylic acids is 1. The van der Waals surface area contributed by atoms with Crippen LogP contribution in [0.1, 0.15) is 15.9 Å². The molecule has 0 aliphatic heterocycles. The van der Waals surface area contributed by atoms with Crippen molar-refractivity contribution in [3.05, 3.63) is 63.6 Å². The lowest BCUT2D eigenvalue weighted by Gasteiger charge is -2.08. The van der Waals surface area contributed by atoms with Crippen molar-refractivity contribution in [1.29, 1.82) is 0 Å². The van der Waals surface area contributed by atoms with E-state index in [0.29, 0.717) is 27.9 Å². The van der Waals surface area contributed by atoms with Crippen LogP contribution in [0.15, 0.2) is 42.5 Å². The molecule has 0 fully saturated rings. The summed E-state index contributed by atoms with van der Waals surface area (Å²) in [5.41, 5.74) is 2.09. The topological polar surface area (TPSA) is 38.3 Å². The number of anilines is 1. The summed E-state index contributed by atoms with van der Waals surface area (Å²) in [6.07, 6.45) is 0. The highest BCUT2D eigenvalue weighted by molar-refractivity contribution is 6.36. The maximum Gasteiger partial charge on any atom is 0.255 e. The summed E-state index contributed by atoms with van der Waals surface area (Å²) in [6, 6.07) is 12.1. The van der Waals surface area contributed by atoms with Gasteiger partial charge >= 0.3 is 0 Å². The molecule has 0 atom stereocenters. The minimum Gasteiger partial charge on any atom is -0.380 e. The van der Waals surface area contributed by atoms with Crippen LogP contribution in [0.5, 0.6) is 0 Å². The summed E-state index contributed by atoms with van der Waals surface area (Å²) in [6.45, 7) is 0.519. The Balaban J connectivity index is 2.11. The molecule has 2 aromatic carbocycles. The second-order valence-electron chi connectivity index (χ2n) is 4.21. The van der Waals surface area contributed by atoms with Crippen molar-refractivity contribution in [1.82, 2.24) is 0 Å². The van der Waals surface area contributed by atoms with Gasteiger partial charge in [-0.15, -0.1) is 0 Å². The molecule has 20 heavy (non-hydrogen) atoms. The lowest BCUT2D eigenvalue weighted by Crippen LogP contribution is -2.12. The van der Waals surface area contributed by atoms with E-state index in [9.17, 15) is 4.79 Å². The van der Waals surface area contributed by atoms with E-state index in [0.717, 1.165) is 5.56 Å². The molecule has 0 unspecified atom stereocenters. The van der Waals surface area contributed by atoms with Gasteiger partial charge in [-0.1, -0.05) is 35.3 Å². The van der Waals surface area contributed by atoms with E-state index in [4.69, 9.17) is 27.9 Å². The summed E-state index contributed by atoms with van der Waals surface area (Å²) < 4.78 is 5.02. The first-order valence-electron chi connectivity index (χ1n) is 5.94. The standard InChI is InChI=1S/C15H13Cl2NO2/c1-20-9-10-2-4-11(5-3-10)15(19)18-14-7-6-12(16)8-13(14)17/h2-8H,9H2,1H3,(H,18,19). The smallest absolute Gasteiger partial charge is 0.255 e. The van der Waals surface area contributed by atoms with E-state index in [1.165, 1.54) is 0 Å². The lowest BCUT2D eigenvalue weighted by atomic mass is 10.1. The van der Waals surface area contributed by atoms with Crippen molar-refractivity contribution >= 4 is 34.8 Å². The molecule has 0 aliphatic rings. The Hall–Kier alpha value is -1.55. The Morgan fingerprint density at radius 2 is 1.85 bits per heavy atom. The zero-order valence-electron chi connectivity index (χ0n) is 10.8. The SMILES string of the molecule is COCc1ccc(C(=O)Nc2ccc(Cl)cc2Cl)cc1. The molecule has 2 rings (SSSR count). The fraction of sp³-hybridized carbons (Fsp3) is 0.133. The second kappa shape index (κ2) is 6.75. The fourth-order valence-electron chi connectivity index (χ4n) is 1.70. The van der Waals surface area contributed by atoms with Crippen LogP contribution in [0.2, 0.25) is 10.0 Å². The van der Waals surface area contributed by atoms with Crippen LogP contribution in [-0.4, -0.2) is 13.0 Å². The van der Waals surface area contributed by atoms with Crippen molar-refractivity contribution in [2.45, 2.75) is 6.61 Å². The van der Waals surface area contributed by atoms with Gasteiger partial charge < -0.3 is 10.1 Å². The lowest BCUT2D eigenvalue weighted by molar-refractivity contribution is 0.102. The van der Waals surface area contributed by atoms with Gasteiger partial charge in [-0.05, 0) is 35.9 Å². The molecule has 104 valence electrons. The summed E-state index contributed by atoms with van der Waals surface area (Å²) in [5, 5.41) is 3.67. The Bertz CT molecular complexity index is 612. The number of hydrogen-bond donors (Lipinski definition) is 1. The van der Waals surface area contributed by atoms with Crippen LogP contribution in [0.3, 0.4) is 0 Å². The van der Waals surface area contributed by atoms with Gasteiger partial charge in [0.1, 0.15) is 0 Å². The van der Waals surface area contributed by atoms with Gasteiger partial charge in [0.15, 0.2) is 0 Å². The van der Waals surface area contributed by atoms with Crippen LogP contribution in [0.25, 0.3) is 0 Å². The maximum atomic E-state index is 12.1. The zero-order valence-corrected chi connectivity index (χ0v) is 12.3. The third-order valence-corrected chi connectivity index (χ3v) is 3.25. The minimum atomic E-state index is -0.224. The summed E-state index contributed by atoms with van der Waals surface area (Å²) in [7, 11) is 1.63. The van der Waals surface area contributed by atoms with Crippen molar-refractivity contribution in [3.8, 4) is 0 Å². The molecule has 0 saturated heterocycles. The summed E-state index contributed by atoms with van der Waals surface area (Å²) >= 11 is 11.8. The first-order chi connectivity index (χ1) is 9.60. The number of rotatable bonds is 4. The monoisotopic (exact) mass is 309 g/mol. The summed E-state index contributed by atoms with van der Waals surface area (Å²) in [5.74, 6) is -0.224. The van der Waals surface area contributed by atoms with Crippen LogP contribution in [0.4, 0.5) is 5.69 Å². The molecule has 1 N–H and O–H groups in total. The molecule has 0 spiro atoms. The quantitative estimate of drug-likeness (QED) is 0.909. The van der Waals surface area contributed by atoms with Crippen molar-refractivity contribution in [2.75, 3.05) is 12.4 Å². The van der Waals surface area contributed by atoms with Crippen molar-refractivity contribution in [2.24, 2.45) is 0 Å². The molecule has 0 radical (unpaired) electrons. The molecule has 1 amide bonds. The van der Waals surface area contributed by atoms with E-state index in [-0.39, 0.29) is 5.91 Å². The van der Waals surface area contributed by atoms with E-state index in [1.54, 1.807) is 37.4 Å². The van der Waals surface area contributed by atoms with E-state index in [1.807, 2.05) is 12.1 Å². The molecule has 0 aromatic heterocycles. The Morgan fingerprint density at radius 1 is 1.15 bits per heavy atom. The van der Waals surface area contributed by atoms with Crippen molar-refractivity contribution in [3.63, 3.8) is 0 Å².